The number of carbonyl (C=O) groups is 2. The quantitative estimate of drug-likeness (QED) is 0.766. The molecule has 2 rings (SSSR count). The molecular formula is C11H13N5O3. The molecule has 0 fully saturated rings. The summed E-state index contributed by atoms with van der Waals surface area (Å²) in [6.45, 7) is 0.298. The molecule has 0 spiro atoms. The number of aromatic nitrogens is 4. The fraction of sp³-hybridized carbons (Fsp3) is 0.273. The molecule has 0 saturated carbocycles. The van der Waals surface area contributed by atoms with Crippen molar-refractivity contribution in [3.05, 3.63) is 35.9 Å². The number of carbonyl (C=O) groups excluding carboxylic acids is 1. The first-order valence-corrected chi connectivity index (χ1v) is 5.56. The molecule has 1 amide bonds. The lowest BCUT2D eigenvalue weighted by Gasteiger charge is -2.03. The average Bonchev–Trinajstić information content (AvgIpc) is 2.96. The molecule has 0 atom stereocenters. The molecule has 19 heavy (non-hydrogen) atoms. The highest BCUT2D eigenvalue weighted by molar-refractivity contribution is 5.85. The number of amides is 1. The Hall–Kier alpha value is -2.64. The van der Waals surface area contributed by atoms with Crippen molar-refractivity contribution in [3.63, 3.8) is 0 Å². The summed E-state index contributed by atoms with van der Waals surface area (Å²) in [6, 6.07) is 3.14. The monoisotopic (exact) mass is 263 g/mol. The second-order valence-electron chi connectivity index (χ2n) is 3.96. The van der Waals surface area contributed by atoms with E-state index in [9.17, 15) is 9.59 Å². The van der Waals surface area contributed by atoms with E-state index < -0.39 is 5.97 Å². The molecule has 2 aromatic rings. The molecule has 8 heteroatoms. The van der Waals surface area contributed by atoms with Gasteiger partial charge >= 0.3 is 5.97 Å². The van der Waals surface area contributed by atoms with Crippen molar-refractivity contribution in [2.75, 3.05) is 0 Å². The largest absolute Gasteiger partial charge is 0.476 e. The van der Waals surface area contributed by atoms with Crippen LogP contribution in [0.2, 0.25) is 0 Å². The Morgan fingerprint density at radius 3 is 2.68 bits per heavy atom. The van der Waals surface area contributed by atoms with Gasteiger partial charge in [0.1, 0.15) is 6.54 Å². The van der Waals surface area contributed by atoms with Gasteiger partial charge in [0, 0.05) is 19.4 Å². The van der Waals surface area contributed by atoms with Crippen molar-refractivity contribution in [1.82, 2.24) is 24.9 Å². The van der Waals surface area contributed by atoms with Crippen LogP contribution >= 0.6 is 0 Å². The molecule has 0 bridgehead atoms. The van der Waals surface area contributed by atoms with Crippen LogP contribution in [0, 0.1) is 0 Å². The Balaban J connectivity index is 1.85. The maximum atomic E-state index is 11.6. The van der Waals surface area contributed by atoms with E-state index >= 15 is 0 Å². The van der Waals surface area contributed by atoms with E-state index in [1.165, 1.54) is 16.9 Å². The van der Waals surface area contributed by atoms with Crippen molar-refractivity contribution < 1.29 is 14.7 Å². The summed E-state index contributed by atoms with van der Waals surface area (Å²) in [6.07, 6.45) is 3.23. The van der Waals surface area contributed by atoms with Crippen LogP contribution in [0.3, 0.4) is 0 Å². The van der Waals surface area contributed by atoms with Crippen molar-refractivity contribution in [2.24, 2.45) is 7.05 Å². The molecule has 0 aromatic carbocycles. The smallest absolute Gasteiger partial charge is 0.356 e. The van der Waals surface area contributed by atoms with Gasteiger partial charge in [0.05, 0.1) is 12.2 Å². The van der Waals surface area contributed by atoms with Crippen LogP contribution in [-0.4, -0.2) is 36.5 Å². The van der Waals surface area contributed by atoms with Gasteiger partial charge in [-0.25, -0.2) is 4.79 Å². The summed E-state index contributed by atoms with van der Waals surface area (Å²) in [5.41, 5.74) is 0.667. The van der Waals surface area contributed by atoms with Crippen LogP contribution in [0.25, 0.3) is 0 Å². The van der Waals surface area contributed by atoms with E-state index in [1.54, 1.807) is 24.0 Å². The van der Waals surface area contributed by atoms with Gasteiger partial charge in [0.15, 0.2) is 5.69 Å². The lowest BCUT2D eigenvalue weighted by Crippen LogP contribution is -2.27. The molecule has 8 nitrogen and oxygen atoms in total. The van der Waals surface area contributed by atoms with Crippen molar-refractivity contribution in [3.8, 4) is 0 Å². The first-order chi connectivity index (χ1) is 9.04. The van der Waals surface area contributed by atoms with Gasteiger partial charge in [-0.1, -0.05) is 0 Å². The molecule has 0 aliphatic heterocycles. The molecule has 0 aliphatic carbocycles. The molecule has 2 heterocycles. The zero-order chi connectivity index (χ0) is 13.8. The Bertz CT molecular complexity index is 601. The number of aryl methyl sites for hydroxylation is 1. The third-order valence-corrected chi connectivity index (χ3v) is 2.40. The molecule has 0 aliphatic rings. The van der Waals surface area contributed by atoms with E-state index in [0.29, 0.717) is 6.54 Å². The zero-order valence-corrected chi connectivity index (χ0v) is 10.3. The highest BCUT2D eigenvalue weighted by Crippen LogP contribution is 1.96. The first-order valence-electron chi connectivity index (χ1n) is 5.56. The van der Waals surface area contributed by atoms with Crippen LogP contribution in [0.4, 0.5) is 0 Å². The van der Waals surface area contributed by atoms with Gasteiger partial charge in [-0.15, -0.1) is 0 Å². The molecule has 0 radical (unpaired) electrons. The summed E-state index contributed by atoms with van der Waals surface area (Å²) >= 11 is 0. The summed E-state index contributed by atoms with van der Waals surface area (Å²) in [4.78, 5) is 22.2. The Kier molecular flexibility index (Phi) is 3.60. The van der Waals surface area contributed by atoms with E-state index in [1.807, 2.05) is 0 Å². The highest BCUT2D eigenvalue weighted by atomic mass is 16.4. The summed E-state index contributed by atoms with van der Waals surface area (Å²) in [5.74, 6) is -1.38. The molecule has 0 unspecified atom stereocenters. The molecule has 2 aromatic heterocycles. The van der Waals surface area contributed by atoms with Crippen LogP contribution in [-0.2, 0) is 24.9 Å². The fourth-order valence-electron chi connectivity index (χ4n) is 1.51. The van der Waals surface area contributed by atoms with Crippen LogP contribution in [0.5, 0.6) is 0 Å². The minimum Gasteiger partial charge on any atom is -0.476 e. The summed E-state index contributed by atoms with van der Waals surface area (Å²) in [7, 11) is 1.79. The Labute approximate surface area is 108 Å². The van der Waals surface area contributed by atoms with Crippen LogP contribution in [0.15, 0.2) is 24.5 Å². The van der Waals surface area contributed by atoms with Gasteiger partial charge in [0.25, 0.3) is 0 Å². The number of carboxylic acids is 1. The zero-order valence-electron chi connectivity index (χ0n) is 10.3. The second-order valence-corrected chi connectivity index (χ2v) is 3.96. The van der Waals surface area contributed by atoms with Gasteiger partial charge in [-0.2, -0.15) is 10.2 Å². The normalized spacial score (nSPS) is 10.4. The Morgan fingerprint density at radius 2 is 2.11 bits per heavy atom. The van der Waals surface area contributed by atoms with E-state index in [-0.39, 0.29) is 18.1 Å². The standard InChI is InChI=1S/C11H13N5O3/c1-15-4-2-8(13-15)6-12-10(17)7-16-5-3-9(14-16)11(18)19/h2-5H,6-7H2,1H3,(H,12,17)(H,18,19). The van der Waals surface area contributed by atoms with Gasteiger partial charge in [-0.3, -0.25) is 14.2 Å². The number of nitrogens with one attached hydrogen (secondary N) is 1. The van der Waals surface area contributed by atoms with Crippen LogP contribution < -0.4 is 5.32 Å². The van der Waals surface area contributed by atoms with Gasteiger partial charge < -0.3 is 10.4 Å². The maximum absolute atomic E-state index is 11.6. The lowest BCUT2D eigenvalue weighted by atomic mass is 10.4. The van der Waals surface area contributed by atoms with E-state index in [0.717, 1.165) is 5.69 Å². The number of rotatable bonds is 5. The van der Waals surface area contributed by atoms with Crippen molar-refractivity contribution in [2.45, 2.75) is 13.1 Å². The van der Waals surface area contributed by atoms with E-state index in [2.05, 4.69) is 15.5 Å². The fourth-order valence-corrected chi connectivity index (χ4v) is 1.51. The minimum atomic E-state index is -1.12. The van der Waals surface area contributed by atoms with Crippen molar-refractivity contribution >= 4 is 11.9 Å². The van der Waals surface area contributed by atoms with Gasteiger partial charge in [-0.05, 0) is 12.1 Å². The topological polar surface area (TPSA) is 102 Å². The minimum absolute atomic E-state index is 0.0277. The number of hydrogen-bond donors (Lipinski definition) is 2. The second kappa shape index (κ2) is 5.34. The SMILES string of the molecule is Cn1ccc(CNC(=O)Cn2ccc(C(=O)O)n2)n1. The number of nitrogens with zero attached hydrogens (tertiary/aromatic N) is 4. The van der Waals surface area contributed by atoms with Crippen molar-refractivity contribution in [1.29, 1.82) is 0 Å². The van der Waals surface area contributed by atoms with Crippen LogP contribution in [0.1, 0.15) is 16.2 Å². The molecule has 0 saturated heterocycles. The lowest BCUT2D eigenvalue weighted by molar-refractivity contribution is -0.122. The average molecular weight is 263 g/mol. The van der Waals surface area contributed by atoms with E-state index in [4.69, 9.17) is 5.11 Å². The summed E-state index contributed by atoms with van der Waals surface area (Å²) < 4.78 is 2.92. The molecule has 100 valence electrons. The van der Waals surface area contributed by atoms with Gasteiger partial charge in [0.2, 0.25) is 5.91 Å². The predicted octanol–water partition coefficient (Wildman–Crippen LogP) is -0.369. The summed E-state index contributed by atoms with van der Waals surface area (Å²) in [5, 5.41) is 19.2. The number of aromatic carboxylic acids is 1. The third-order valence-electron chi connectivity index (χ3n) is 2.40. The number of hydrogen-bond acceptors (Lipinski definition) is 4. The molecular weight excluding hydrogens is 250 g/mol. The molecule has 2 N–H and O–H groups in total. The Morgan fingerprint density at radius 1 is 1.32 bits per heavy atom. The third kappa shape index (κ3) is 3.41. The highest BCUT2D eigenvalue weighted by Gasteiger charge is 2.09. The first kappa shape index (κ1) is 12.8. The number of carboxylic acid groups (broad SMARTS) is 1. The predicted molar refractivity (Wildman–Crippen MR) is 64.2 cm³/mol. The maximum Gasteiger partial charge on any atom is 0.356 e.